The number of methoxy groups -OCH3 is 2. The molecule has 4 aromatic rings. The van der Waals surface area contributed by atoms with Crippen molar-refractivity contribution in [1.29, 1.82) is 0 Å². The van der Waals surface area contributed by atoms with E-state index >= 15 is 0 Å². The van der Waals surface area contributed by atoms with Crippen LogP contribution in [0.3, 0.4) is 0 Å². The molecule has 4 nitrogen and oxygen atoms in total. The summed E-state index contributed by atoms with van der Waals surface area (Å²) in [4.78, 5) is 13.2. The third-order valence-electron chi connectivity index (χ3n) is 4.87. The SMILES string of the molecule is COc1ccc(C(=O)c2cn(Cc3cccc(OC)c3)c3ccccc23)cc1. The molecule has 28 heavy (non-hydrogen) atoms. The molecule has 0 aliphatic heterocycles. The molecule has 4 heteroatoms. The fraction of sp³-hybridized carbons (Fsp3) is 0.125. The van der Waals surface area contributed by atoms with Crippen molar-refractivity contribution in [1.82, 2.24) is 4.57 Å². The van der Waals surface area contributed by atoms with Crippen molar-refractivity contribution >= 4 is 16.7 Å². The monoisotopic (exact) mass is 371 g/mol. The van der Waals surface area contributed by atoms with Crippen LogP contribution in [0.5, 0.6) is 11.5 Å². The van der Waals surface area contributed by atoms with E-state index in [9.17, 15) is 4.79 Å². The van der Waals surface area contributed by atoms with Crippen molar-refractivity contribution in [2.24, 2.45) is 0 Å². The standard InChI is InChI=1S/C24H21NO3/c1-27-19-12-10-18(11-13-19)24(26)22-16-25(23-9-4-3-8-21(22)23)15-17-6-5-7-20(14-17)28-2/h3-14,16H,15H2,1-2H3. The van der Waals surface area contributed by atoms with E-state index < -0.39 is 0 Å². The van der Waals surface area contributed by atoms with Crippen LogP contribution in [0.2, 0.25) is 0 Å². The quantitative estimate of drug-likeness (QED) is 0.451. The summed E-state index contributed by atoms with van der Waals surface area (Å²) in [6.07, 6.45) is 1.94. The smallest absolute Gasteiger partial charge is 0.195 e. The minimum Gasteiger partial charge on any atom is -0.497 e. The van der Waals surface area contributed by atoms with Gasteiger partial charge in [0.25, 0.3) is 0 Å². The molecule has 0 radical (unpaired) electrons. The molecule has 140 valence electrons. The summed E-state index contributed by atoms with van der Waals surface area (Å²) < 4.78 is 12.6. The van der Waals surface area contributed by atoms with Crippen LogP contribution >= 0.6 is 0 Å². The highest BCUT2D eigenvalue weighted by Gasteiger charge is 2.17. The zero-order valence-electron chi connectivity index (χ0n) is 15.9. The van der Waals surface area contributed by atoms with Crippen molar-refractivity contribution in [3.8, 4) is 11.5 Å². The van der Waals surface area contributed by atoms with Crippen molar-refractivity contribution in [3.63, 3.8) is 0 Å². The summed E-state index contributed by atoms with van der Waals surface area (Å²) in [5.41, 5.74) is 3.49. The van der Waals surface area contributed by atoms with E-state index in [0.717, 1.165) is 28.0 Å². The minimum absolute atomic E-state index is 0.00300. The molecule has 0 saturated heterocycles. The lowest BCUT2D eigenvalue weighted by atomic mass is 10.0. The number of rotatable bonds is 6. The zero-order chi connectivity index (χ0) is 19.5. The van der Waals surface area contributed by atoms with E-state index in [0.29, 0.717) is 17.7 Å². The number of carbonyl (C=O) groups is 1. The molecule has 3 aromatic carbocycles. The summed E-state index contributed by atoms with van der Waals surface area (Å²) in [6, 6.07) is 23.2. The third-order valence-corrected chi connectivity index (χ3v) is 4.87. The maximum Gasteiger partial charge on any atom is 0.195 e. The van der Waals surface area contributed by atoms with E-state index in [1.165, 1.54) is 0 Å². The molecule has 1 aromatic heterocycles. The Balaban J connectivity index is 1.74. The van der Waals surface area contributed by atoms with Crippen LogP contribution in [0, 0.1) is 0 Å². The second kappa shape index (κ2) is 7.61. The molecule has 0 aliphatic rings. The van der Waals surface area contributed by atoms with Gasteiger partial charge in [-0.1, -0.05) is 30.3 Å². The Morgan fingerprint density at radius 3 is 2.36 bits per heavy atom. The van der Waals surface area contributed by atoms with Gasteiger partial charge >= 0.3 is 0 Å². The molecular weight excluding hydrogens is 350 g/mol. The Morgan fingerprint density at radius 1 is 0.857 bits per heavy atom. The van der Waals surface area contributed by atoms with Gasteiger partial charge in [-0.15, -0.1) is 0 Å². The normalized spacial score (nSPS) is 10.8. The lowest BCUT2D eigenvalue weighted by Crippen LogP contribution is -2.01. The maximum absolute atomic E-state index is 13.2. The molecule has 0 saturated carbocycles. The molecular formula is C24H21NO3. The summed E-state index contributed by atoms with van der Waals surface area (Å²) in [5.74, 6) is 1.56. The maximum atomic E-state index is 13.2. The topological polar surface area (TPSA) is 40.5 Å². The summed E-state index contributed by atoms with van der Waals surface area (Å²) in [5, 5.41) is 0.950. The number of nitrogens with zero attached hydrogens (tertiary/aromatic N) is 1. The van der Waals surface area contributed by atoms with Gasteiger partial charge < -0.3 is 14.0 Å². The molecule has 0 N–H and O–H groups in total. The summed E-state index contributed by atoms with van der Waals surface area (Å²) in [6.45, 7) is 0.660. The van der Waals surface area contributed by atoms with Crippen molar-refractivity contribution in [3.05, 3.63) is 95.7 Å². The van der Waals surface area contributed by atoms with Gasteiger partial charge in [0.2, 0.25) is 0 Å². The van der Waals surface area contributed by atoms with Crippen LogP contribution in [0.1, 0.15) is 21.5 Å². The first-order valence-corrected chi connectivity index (χ1v) is 9.09. The molecule has 1 heterocycles. The molecule has 0 fully saturated rings. The Labute approximate surface area is 163 Å². The number of hydrogen-bond donors (Lipinski definition) is 0. The molecule has 0 atom stereocenters. The second-order valence-corrected chi connectivity index (χ2v) is 6.60. The van der Waals surface area contributed by atoms with E-state index in [1.807, 2.05) is 60.8 Å². The summed E-state index contributed by atoms with van der Waals surface area (Å²) >= 11 is 0. The Morgan fingerprint density at radius 2 is 1.61 bits per heavy atom. The lowest BCUT2D eigenvalue weighted by molar-refractivity contribution is 0.104. The molecule has 0 aliphatic carbocycles. The van der Waals surface area contributed by atoms with Gasteiger partial charge in [-0.05, 0) is 48.0 Å². The highest BCUT2D eigenvalue weighted by molar-refractivity contribution is 6.16. The first kappa shape index (κ1) is 17.9. The molecule has 0 bridgehead atoms. The number of aromatic nitrogens is 1. The number of ketones is 1. The van der Waals surface area contributed by atoms with Crippen molar-refractivity contribution in [2.45, 2.75) is 6.54 Å². The zero-order valence-corrected chi connectivity index (χ0v) is 15.9. The van der Waals surface area contributed by atoms with E-state index in [1.54, 1.807) is 26.4 Å². The number of benzene rings is 3. The predicted octanol–water partition coefficient (Wildman–Crippen LogP) is 4.94. The first-order valence-electron chi connectivity index (χ1n) is 9.09. The number of hydrogen-bond acceptors (Lipinski definition) is 3. The van der Waals surface area contributed by atoms with Gasteiger partial charge in [0.15, 0.2) is 5.78 Å². The fourth-order valence-electron chi connectivity index (χ4n) is 3.42. The van der Waals surface area contributed by atoms with Gasteiger partial charge in [-0.2, -0.15) is 0 Å². The highest BCUT2D eigenvalue weighted by atomic mass is 16.5. The number of para-hydroxylation sites is 1. The van der Waals surface area contributed by atoms with Crippen LogP contribution in [0.15, 0.2) is 79.0 Å². The minimum atomic E-state index is 0.00300. The van der Waals surface area contributed by atoms with Gasteiger partial charge in [-0.3, -0.25) is 4.79 Å². The first-order chi connectivity index (χ1) is 13.7. The lowest BCUT2D eigenvalue weighted by Gasteiger charge is -2.07. The van der Waals surface area contributed by atoms with E-state index in [-0.39, 0.29) is 5.78 Å². The number of fused-ring (bicyclic) bond motifs is 1. The third kappa shape index (κ3) is 3.37. The van der Waals surface area contributed by atoms with Crippen LogP contribution in [-0.4, -0.2) is 24.6 Å². The van der Waals surface area contributed by atoms with E-state index in [4.69, 9.17) is 9.47 Å². The highest BCUT2D eigenvalue weighted by Crippen LogP contribution is 2.26. The fourth-order valence-corrected chi connectivity index (χ4v) is 3.42. The molecule has 0 amide bonds. The Kier molecular flexibility index (Phi) is 4.85. The van der Waals surface area contributed by atoms with Gasteiger partial charge in [0, 0.05) is 34.8 Å². The molecule has 0 unspecified atom stereocenters. The average Bonchev–Trinajstić information content (AvgIpc) is 3.12. The van der Waals surface area contributed by atoms with Gasteiger partial charge in [0.05, 0.1) is 14.2 Å². The van der Waals surface area contributed by atoms with Crippen LogP contribution in [0.4, 0.5) is 0 Å². The number of carbonyl (C=O) groups excluding carboxylic acids is 1. The van der Waals surface area contributed by atoms with Crippen LogP contribution < -0.4 is 9.47 Å². The molecule has 0 spiro atoms. The Bertz CT molecular complexity index is 1130. The predicted molar refractivity (Wildman–Crippen MR) is 110 cm³/mol. The number of ether oxygens (including phenoxy) is 2. The Hall–Kier alpha value is -3.53. The van der Waals surface area contributed by atoms with E-state index in [2.05, 4.69) is 10.6 Å². The van der Waals surface area contributed by atoms with Crippen LogP contribution in [-0.2, 0) is 6.54 Å². The largest absolute Gasteiger partial charge is 0.497 e. The second-order valence-electron chi connectivity index (χ2n) is 6.60. The van der Waals surface area contributed by atoms with Crippen LogP contribution in [0.25, 0.3) is 10.9 Å². The average molecular weight is 371 g/mol. The van der Waals surface area contributed by atoms with Gasteiger partial charge in [-0.25, -0.2) is 0 Å². The van der Waals surface area contributed by atoms with Crippen molar-refractivity contribution < 1.29 is 14.3 Å². The summed E-state index contributed by atoms with van der Waals surface area (Å²) in [7, 11) is 3.28. The van der Waals surface area contributed by atoms with Crippen molar-refractivity contribution in [2.75, 3.05) is 14.2 Å². The molecule has 4 rings (SSSR count). The van der Waals surface area contributed by atoms with Gasteiger partial charge in [0.1, 0.15) is 11.5 Å².